The minimum absolute atomic E-state index is 0.119. The van der Waals surface area contributed by atoms with Gasteiger partial charge in [-0.2, -0.15) is 0 Å². The van der Waals surface area contributed by atoms with E-state index in [0.717, 1.165) is 15.4 Å². The van der Waals surface area contributed by atoms with Gasteiger partial charge in [0.05, 0.1) is 5.52 Å². The summed E-state index contributed by atoms with van der Waals surface area (Å²) >= 11 is 3.48. The number of carbonyl (C=O) groups excluding carboxylic acids is 1. The Morgan fingerprint density at radius 3 is 2.59 bits per heavy atom. The van der Waals surface area contributed by atoms with Crippen LogP contribution in [0.5, 0.6) is 0 Å². The summed E-state index contributed by atoms with van der Waals surface area (Å²) in [6, 6.07) is 7.58. The summed E-state index contributed by atoms with van der Waals surface area (Å²) in [6.07, 6.45) is 1.72. The molecule has 0 radical (unpaired) electrons. The molecule has 0 aliphatic carbocycles. The highest BCUT2D eigenvalue weighted by atomic mass is 79.9. The van der Waals surface area contributed by atoms with E-state index in [-0.39, 0.29) is 5.78 Å². The fourth-order valence-corrected chi connectivity index (χ4v) is 2.18. The number of halogens is 1. The number of hydrogen-bond donors (Lipinski definition) is 0. The molecule has 1 aromatic heterocycles. The van der Waals surface area contributed by atoms with E-state index < -0.39 is 5.41 Å². The van der Waals surface area contributed by atoms with E-state index in [2.05, 4.69) is 20.9 Å². The molecule has 2 rings (SSSR count). The summed E-state index contributed by atoms with van der Waals surface area (Å²) in [5.41, 5.74) is 1.07. The van der Waals surface area contributed by atoms with Crippen molar-refractivity contribution < 1.29 is 4.79 Å². The van der Waals surface area contributed by atoms with Crippen LogP contribution < -0.4 is 0 Å². The van der Waals surface area contributed by atoms with Crippen LogP contribution in [-0.2, 0) is 0 Å². The van der Waals surface area contributed by atoms with Gasteiger partial charge in [-0.05, 0) is 18.2 Å². The SMILES string of the molecule is CC(C)(C)C(=O)c1ccc(Br)c2cccnc12. The second kappa shape index (κ2) is 4.22. The van der Waals surface area contributed by atoms with Gasteiger partial charge in [0.1, 0.15) is 0 Å². The molecule has 2 nitrogen and oxygen atoms in total. The van der Waals surface area contributed by atoms with Gasteiger partial charge >= 0.3 is 0 Å². The molecule has 0 aliphatic heterocycles. The number of pyridine rings is 1. The van der Waals surface area contributed by atoms with Crippen LogP contribution in [-0.4, -0.2) is 10.8 Å². The second-order valence-electron chi connectivity index (χ2n) is 5.07. The minimum Gasteiger partial charge on any atom is -0.294 e. The lowest BCUT2D eigenvalue weighted by atomic mass is 9.86. The molecular formula is C14H14BrNO. The number of ketones is 1. The first-order valence-electron chi connectivity index (χ1n) is 5.49. The Kier molecular flexibility index (Phi) is 3.04. The smallest absolute Gasteiger partial charge is 0.170 e. The molecule has 0 spiro atoms. The van der Waals surface area contributed by atoms with Gasteiger partial charge in [-0.1, -0.05) is 42.8 Å². The average Bonchev–Trinajstić information content (AvgIpc) is 2.28. The maximum atomic E-state index is 12.3. The van der Waals surface area contributed by atoms with E-state index in [1.807, 2.05) is 45.0 Å². The summed E-state index contributed by atoms with van der Waals surface area (Å²) in [7, 11) is 0. The molecule has 1 aromatic carbocycles. The lowest BCUT2D eigenvalue weighted by Crippen LogP contribution is -2.20. The number of fused-ring (bicyclic) bond motifs is 1. The van der Waals surface area contributed by atoms with E-state index in [1.165, 1.54) is 0 Å². The number of rotatable bonds is 1. The summed E-state index contributed by atoms with van der Waals surface area (Å²) in [6.45, 7) is 5.77. The zero-order valence-corrected chi connectivity index (χ0v) is 11.7. The Hall–Kier alpha value is -1.22. The van der Waals surface area contributed by atoms with E-state index in [1.54, 1.807) is 6.20 Å². The average molecular weight is 292 g/mol. The molecule has 0 saturated carbocycles. The molecule has 0 fully saturated rings. The highest BCUT2D eigenvalue weighted by molar-refractivity contribution is 9.10. The Balaban J connectivity index is 2.72. The summed E-state index contributed by atoms with van der Waals surface area (Å²) in [5, 5.41) is 0.975. The third kappa shape index (κ3) is 2.25. The van der Waals surface area contributed by atoms with Crippen molar-refractivity contribution in [2.75, 3.05) is 0 Å². The molecule has 88 valence electrons. The molecule has 0 amide bonds. The van der Waals surface area contributed by atoms with Gasteiger partial charge in [-0.25, -0.2) is 0 Å². The third-order valence-electron chi connectivity index (χ3n) is 2.64. The van der Waals surface area contributed by atoms with E-state index >= 15 is 0 Å². The molecular weight excluding hydrogens is 278 g/mol. The lowest BCUT2D eigenvalue weighted by Gasteiger charge is -2.17. The Bertz CT molecular complexity index is 584. The van der Waals surface area contributed by atoms with Gasteiger partial charge in [-0.3, -0.25) is 9.78 Å². The van der Waals surface area contributed by atoms with Crippen LogP contribution >= 0.6 is 15.9 Å². The Labute approximate surface area is 109 Å². The molecule has 0 atom stereocenters. The molecule has 2 aromatic rings. The second-order valence-corrected chi connectivity index (χ2v) is 5.93. The van der Waals surface area contributed by atoms with Crippen LogP contribution in [0.25, 0.3) is 10.9 Å². The summed E-state index contributed by atoms with van der Waals surface area (Å²) in [5.74, 6) is 0.119. The predicted octanol–water partition coefficient (Wildman–Crippen LogP) is 4.23. The van der Waals surface area contributed by atoms with Crippen LogP contribution in [0.3, 0.4) is 0 Å². The van der Waals surface area contributed by atoms with E-state index in [9.17, 15) is 4.79 Å². The zero-order valence-electron chi connectivity index (χ0n) is 10.1. The topological polar surface area (TPSA) is 30.0 Å². The van der Waals surface area contributed by atoms with Crippen LogP contribution in [0, 0.1) is 5.41 Å². The quantitative estimate of drug-likeness (QED) is 0.736. The predicted molar refractivity (Wildman–Crippen MR) is 73.2 cm³/mol. The Morgan fingerprint density at radius 1 is 1.24 bits per heavy atom. The monoisotopic (exact) mass is 291 g/mol. The Morgan fingerprint density at radius 2 is 1.94 bits per heavy atom. The normalized spacial score (nSPS) is 11.8. The number of benzene rings is 1. The standard InChI is InChI=1S/C14H14BrNO/c1-14(2,3)13(17)10-6-7-11(15)9-5-4-8-16-12(9)10/h4-8H,1-3H3. The first-order valence-corrected chi connectivity index (χ1v) is 6.28. The lowest BCUT2D eigenvalue weighted by molar-refractivity contribution is 0.0860. The number of Topliss-reactive ketones (excluding diaryl/α,β-unsaturated/α-hetero) is 1. The molecule has 3 heteroatoms. The van der Waals surface area contributed by atoms with Crippen LogP contribution in [0.1, 0.15) is 31.1 Å². The van der Waals surface area contributed by atoms with Crippen LogP contribution in [0.4, 0.5) is 0 Å². The molecule has 17 heavy (non-hydrogen) atoms. The van der Waals surface area contributed by atoms with Crippen molar-refractivity contribution in [2.45, 2.75) is 20.8 Å². The number of nitrogens with zero attached hydrogens (tertiary/aromatic N) is 1. The maximum Gasteiger partial charge on any atom is 0.170 e. The number of hydrogen-bond acceptors (Lipinski definition) is 2. The van der Waals surface area contributed by atoms with Gasteiger partial charge in [0.25, 0.3) is 0 Å². The first-order chi connectivity index (χ1) is 7.91. The van der Waals surface area contributed by atoms with Gasteiger partial charge in [-0.15, -0.1) is 0 Å². The molecule has 0 bridgehead atoms. The van der Waals surface area contributed by atoms with Gasteiger partial charge < -0.3 is 0 Å². The molecule has 0 saturated heterocycles. The summed E-state index contributed by atoms with van der Waals surface area (Å²) < 4.78 is 0.964. The van der Waals surface area contributed by atoms with Crippen molar-refractivity contribution in [1.29, 1.82) is 0 Å². The molecule has 0 unspecified atom stereocenters. The van der Waals surface area contributed by atoms with Crippen LogP contribution in [0.15, 0.2) is 34.9 Å². The third-order valence-corrected chi connectivity index (χ3v) is 3.33. The van der Waals surface area contributed by atoms with Crippen molar-refractivity contribution in [3.8, 4) is 0 Å². The van der Waals surface area contributed by atoms with Crippen LogP contribution in [0.2, 0.25) is 0 Å². The molecule has 0 N–H and O–H groups in total. The summed E-state index contributed by atoms with van der Waals surface area (Å²) in [4.78, 5) is 16.7. The van der Waals surface area contributed by atoms with Crippen molar-refractivity contribution in [1.82, 2.24) is 4.98 Å². The fraction of sp³-hybridized carbons (Fsp3) is 0.286. The fourth-order valence-electron chi connectivity index (χ4n) is 1.73. The molecule has 1 heterocycles. The molecule has 0 aliphatic rings. The van der Waals surface area contributed by atoms with Gasteiger partial charge in [0.2, 0.25) is 0 Å². The number of aromatic nitrogens is 1. The zero-order chi connectivity index (χ0) is 12.6. The van der Waals surface area contributed by atoms with Crippen molar-refractivity contribution in [3.63, 3.8) is 0 Å². The largest absolute Gasteiger partial charge is 0.294 e. The first kappa shape index (κ1) is 12.2. The maximum absolute atomic E-state index is 12.3. The van der Waals surface area contributed by atoms with Crippen molar-refractivity contribution in [2.24, 2.45) is 5.41 Å². The number of carbonyl (C=O) groups is 1. The van der Waals surface area contributed by atoms with Crippen molar-refractivity contribution in [3.05, 3.63) is 40.5 Å². The minimum atomic E-state index is -0.391. The van der Waals surface area contributed by atoms with Gasteiger partial charge in [0.15, 0.2) is 5.78 Å². The van der Waals surface area contributed by atoms with Crippen molar-refractivity contribution >= 4 is 32.6 Å². The highest BCUT2D eigenvalue weighted by Gasteiger charge is 2.25. The highest BCUT2D eigenvalue weighted by Crippen LogP contribution is 2.29. The van der Waals surface area contributed by atoms with E-state index in [0.29, 0.717) is 5.56 Å². The van der Waals surface area contributed by atoms with E-state index in [4.69, 9.17) is 0 Å². The van der Waals surface area contributed by atoms with Gasteiger partial charge in [0, 0.05) is 27.0 Å².